The molecule has 1 N–H and O–H groups in total. The molecule has 0 radical (unpaired) electrons. The normalized spacial score (nSPS) is 9.57. The van der Waals surface area contributed by atoms with Crippen molar-refractivity contribution in [3.63, 3.8) is 0 Å². The Morgan fingerprint density at radius 1 is 1.64 bits per heavy atom. The first-order valence-electron chi connectivity index (χ1n) is 4.30. The number of hydrogen-bond donors (Lipinski definition) is 1. The van der Waals surface area contributed by atoms with Gasteiger partial charge in [-0.3, -0.25) is 4.79 Å². The summed E-state index contributed by atoms with van der Waals surface area (Å²) < 4.78 is 0.889. The van der Waals surface area contributed by atoms with Crippen LogP contribution < -0.4 is 5.32 Å². The molecule has 1 amide bonds. The van der Waals surface area contributed by atoms with Crippen LogP contribution in [0.25, 0.3) is 0 Å². The minimum absolute atomic E-state index is 0.0497. The minimum atomic E-state index is -0.0497. The number of hydrogen-bond acceptors (Lipinski definition) is 1. The van der Waals surface area contributed by atoms with Crippen molar-refractivity contribution in [1.29, 1.82) is 0 Å². The van der Waals surface area contributed by atoms with E-state index in [1.54, 1.807) is 6.08 Å². The van der Waals surface area contributed by atoms with Gasteiger partial charge in [-0.1, -0.05) is 12.1 Å². The number of rotatable bonds is 3. The van der Waals surface area contributed by atoms with Gasteiger partial charge in [-0.15, -0.1) is 6.58 Å². The lowest BCUT2D eigenvalue weighted by Gasteiger charge is -2.06. The molecule has 0 aromatic heterocycles. The fourth-order valence-corrected chi connectivity index (χ4v) is 1.41. The molecular weight excluding hydrogens is 242 g/mol. The number of anilines is 1. The Bertz CT molecular complexity index is 360. The van der Waals surface area contributed by atoms with Crippen LogP contribution in [-0.2, 0) is 4.79 Å². The van der Waals surface area contributed by atoms with E-state index in [1.807, 2.05) is 25.1 Å². The molecule has 0 saturated carbocycles. The summed E-state index contributed by atoms with van der Waals surface area (Å²) in [4.78, 5) is 11.3. The third-order valence-corrected chi connectivity index (χ3v) is 2.42. The second-order valence-electron chi connectivity index (χ2n) is 3.02. The van der Waals surface area contributed by atoms with E-state index in [9.17, 15) is 4.79 Å². The van der Waals surface area contributed by atoms with E-state index in [-0.39, 0.29) is 5.91 Å². The zero-order valence-corrected chi connectivity index (χ0v) is 9.60. The predicted molar refractivity (Wildman–Crippen MR) is 62.3 cm³/mol. The van der Waals surface area contributed by atoms with Crippen molar-refractivity contribution < 1.29 is 4.79 Å². The molecule has 0 atom stereocenters. The highest BCUT2D eigenvalue weighted by atomic mass is 79.9. The Morgan fingerprint density at radius 3 is 3.00 bits per heavy atom. The molecule has 0 aliphatic carbocycles. The summed E-state index contributed by atoms with van der Waals surface area (Å²) in [6.07, 6.45) is 1.92. The van der Waals surface area contributed by atoms with Crippen LogP contribution in [0.5, 0.6) is 0 Å². The molecule has 0 unspecified atom stereocenters. The Morgan fingerprint density at radius 2 is 2.36 bits per heavy atom. The standard InChI is InChI=1S/C11H12BrNO/c1-3-4-11(14)13-10-7-8(2)5-6-9(10)12/h3,5-7H,1,4H2,2H3,(H,13,14). The van der Waals surface area contributed by atoms with Crippen molar-refractivity contribution in [2.75, 3.05) is 5.32 Å². The molecule has 0 bridgehead atoms. The average Bonchev–Trinajstić information content (AvgIpc) is 2.12. The smallest absolute Gasteiger partial charge is 0.228 e. The zero-order chi connectivity index (χ0) is 10.6. The largest absolute Gasteiger partial charge is 0.325 e. The molecule has 0 spiro atoms. The number of aryl methyl sites for hydroxylation is 1. The van der Waals surface area contributed by atoms with Crippen LogP contribution in [0, 0.1) is 6.92 Å². The van der Waals surface area contributed by atoms with Gasteiger partial charge in [-0.25, -0.2) is 0 Å². The second-order valence-corrected chi connectivity index (χ2v) is 3.88. The molecular formula is C11H12BrNO. The summed E-state index contributed by atoms with van der Waals surface area (Å²) in [6, 6.07) is 5.82. The van der Waals surface area contributed by atoms with Crippen molar-refractivity contribution in [2.24, 2.45) is 0 Å². The van der Waals surface area contributed by atoms with Gasteiger partial charge in [-0.2, -0.15) is 0 Å². The SMILES string of the molecule is C=CCC(=O)Nc1cc(C)ccc1Br. The highest BCUT2D eigenvalue weighted by Crippen LogP contribution is 2.23. The van der Waals surface area contributed by atoms with Crippen LogP contribution in [0.2, 0.25) is 0 Å². The Labute approximate surface area is 92.1 Å². The topological polar surface area (TPSA) is 29.1 Å². The number of carbonyl (C=O) groups excluding carboxylic acids is 1. The van der Waals surface area contributed by atoms with E-state index in [0.29, 0.717) is 6.42 Å². The van der Waals surface area contributed by atoms with Gasteiger partial charge in [0.15, 0.2) is 0 Å². The van der Waals surface area contributed by atoms with E-state index >= 15 is 0 Å². The molecule has 0 aliphatic heterocycles. The maximum Gasteiger partial charge on any atom is 0.228 e. The van der Waals surface area contributed by atoms with Crippen LogP contribution in [0.3, 0.4) is 0 Å². The summed E-state index contributed by atoms with van der Waals surface area (Å²) in [6.45, 7) is 5.49. The van der Waals surface area contributed by atoms with Crippen molar-refractivity contribution in [3.05, 3.63) is 40.9 Å². The fraction of sp³-hybridized carbons (Fsp3) is 0.182. The molecule has 2 nitrogen and oxygen atoms in total. The lowest BCUT2D eigenvalue weighted by molar-refractivity contribution is -0.115. The highest BCUT2D eigenvalue weighted by molar-refractivity contribution is 9.10. The first kappa shape index (κ1) is 11.0. The third-order valence-electron chi connectivity index (χ3n) is 1.73. The van der Waals surface area contributed by atoms with Gasteiger partial charge in [0.05, 0.1) is 5.69 Å². The Balaban J connectivity index is 2.80. The first-order valence-corrected chi connectivity index (χ1v) is 5.09. The molecule has 74 valence electrons. The summed E-state index contributed by atoms with van der Waals surface area (Å²) in [5.74, 6) is -0.0497. The molecule has 0 aliphatic rings. The van der Waals surface area contributed by atoms with E-state index in [2.05, 4.69) is 27.8 Å². The van der Waals surface area contributed by atoms with E-state index in [4.69, 9.17) is 0 Å². The Hall–Kier alpha value is -1.09. The summed E-state index contributed by atoms with van der Waals surface area (Å²) in [5.41, 5.74) is 1.92. The monoisotopic (exact) mass is 253 g/mol. The number of halogens is 1. The van der Waals surface area contributed by atoms with Crippen LogP contribution >= 0.6 is 15.9 Å². The summed E-state index contributed by atoms with van der Waals surface area (Å²) >= 11 is 3.37. The zero-order valence-electron chi connectivity index (χ0n) is 8.01. The lowest BCUT2D eigenvalue weighted by atomic mass is 10.2. The summed E-state index contributed by atoms with van der Waals surface area (Å²) in [5, 5.41) is 2.79. The molecule has 0 heterocycles. The number of nitrogens with one attached hydrogen (secondary N) is 1. The number of amides is 1. The van der Waals surface area contributed by atoms with Gasteiger partial charge in [0, 0.05) is 10.9 Å². The highest BCUT2D eigenvalue weighted by Gasteiger charge is 2.03. The fourth-order valence-electron chi connectivity index (χ4n) is 1.07. The van der Waals surface area contributed by atoms with Crippen molar-refractivity contribution >= 4 is 27.5 Å². The molecule has 0 saturated heterocycles. The molecule has 14 heavy (non-hydrogen) atoms. The van der Waals surface area contributed by atoms with Crippen LogP contribution in [0.4, 0.5) is 5.69 Å². The quantitative estimate of drug-likeness (QED) is 0.824. The van der Waals surface area contributed by atoms with Gasteiger partial charge in [0.1, 0.15) is 0 Å². The summed E-state index contributed by atoms with van der Waals surface area (Å²) in [7, 11) is 0. The van der Waals surface area contributed by atoms with Crippen LogP contribution in [-0.4, -0.2) is 5.91 Å². The van der Waals surface area contributed by atoms with E-state index < -0.39 is 0 Å². The second kappa shape index (κ2) is 4.96. The Kier molecular flexibility index (Phi) is 3.89. The molecule has 3 heteroatoms. The van der Waals surface area contributed by atoms with Crippen LogP contribution in [0.15, 0.2) is 35.3 Å². The van der Waals surface area contributed by atoms with E-state index in [1.165, 1.54) is 0 Å². The molecule has 0 fully saturated rings. The van der Waals surface area contributed by atoms with Crippen molar-refractivity contribution in [1.82, 2.24) is 0 Å². The van der Waals surface area contributed by atoms with Crippen molar-refractivity contribution in [2.45, 2.75) is 13.3 Å². The van der Waals surface area contributed by atoms with E-state index in [0.717, 1.165) is 15.7 Å². The van der Waals surface area contributed by atoms with Gasteiger partial charge >= 0.3 is 0 Å². The molecule has 1 aromatic carbocycles. The maximum absolute atomic E-state index is 11.3. The van der Waals surface area contributed by atoms with Gasteiger partial charge in [0.25, 0.3) is 0 Å². The molecule has 1 rings (SSSR count). The third kappa shape index (κ3) is 3.00. The van der Waals surface area contributed by atoms with Gasteiger partial charge < -0.3 is 5.32 Å². The van der Waals surface area contributed by atoms with Crippen molar-refractivity contribution in [3.8, 4) is 0 Å². The van der Waals surface area contributed by atoms with Gasteiger partial charge in [0.2, 0.25) is 5.91 Å². The molecule has 1 aromatic rings. The van der Waals surface area contributed by atoms with Gasteiger partial charge in [-0.05, 0) is 40.5 Å². The average molecular weight is 254 g/mol. The lowest BCUT2D eigenvalue weighted by Crippen LogP contribution is -2.10. The maximum atomic E-state index is 11.3. The predicted octanol–water partition coefficient (Wildman–Crippen LogP) is 3.27. The number of carbonyl (C=O) groups is 1. The minimum Gasteiger partial charge on any atom is -0.325 e. The van der Waals surface area contributed by atoms with Crippen LogP contribution in [0.1, 0.15) is 12.0 Å². The first-order chi connectivity index (χ1) is 6.63. The number of benzene rings is 1.